The maximum Gasteiger partial charge on any atom is 0.270 e. The zero-order valence-corrected chi connectivity index (χ0v) is 17.2. The van der Waals surface area contributed by atoms with E-state index in [0.29, 0.717) is 17.1 Å². The minimum Gasteiger partial charge on any atom is -0.456 e. The van der Waals surface area contributed by atoms with Gasteiger partial charge in [0, 0.05) is 40.5 Å². The summed E-state index contributed by atoms with van der Waals surface area (Å²) in [6.07, 6.45) is 1.40. The van der Waals surface area contributed by atoms with Crippen LogP contribution in [0, 0.1) is 10.1 Å². The van der Waals surface area contributed by atoms with E-state index in [2.05, 4.69) is 10.3 Å². The first kappa shape index (κ1) is 20.3. The second-order valence-corrected chi connectivity index (χ2v) is 8.88. The molecule has 0 aliphatic carbocycles. The van der Waals surface area contributed by atoms with Crippen LogP contribution in [0.4, 0.5) is 5.69 Å². The third-order valence-electron chi connectivity index (χ3n) is 4.46. The van der Waals surface area contributed by atoms with E-state index in [9.17, 15) is 14.7 Å². The Morgan fingerprint density at radius 3 is 2.00 bits per heavy atom. The summed E-state index contributed by atoms with van der Waals surface area (Å²) in [7, 11) is -3.26. The summed E-state index contributed by atoms with van der Waals surface area (Å²) in [4.78, 5) is 10.5. The van der Waals surface area contributed by atoms with Gasteiger partial charge in [-0.3, -0.25) is 19.9 Å². The molecule has 1 heterocycles. The van der Waals surface area contributed by atoms with Gasteiger partial charge in [0.1, 0.15) is 11.5 Å². The quantitative estimate of drug-likeness (QED) is 0.230. The first-order valence-corrected chi connectivity index (χ1v) is 11.3. The van der Waals surface area contributed by atoms with E-state index >= 15 is 0 Å². The van der Waals surface area contributed by atoms with Crippen molar-refractivity contribution in [3.05, 3.63) is 123 Å². The number of nitro groups is 1. The summed E-state index contributed by atoms with van der Waals surface area (Å²) in [6, 6.07) is 24.8. The SMILES string of the molecule is O=[N+]([O-])c1cccc(/C=N/NP2(=O)C=C(c3ccccc3)OC(c3ccccc3)=C2)c1. The van der Waals surface area contributed by atoms with Gasteiger partial charge in [-0.25, -0.2) is 0 Å². The van der Waals surface area contributed by atoms with Gasteiger partial charge in [0.15, 0.2) is 0 Å². The Morgan fingerprint density at radius 1 is 0.871 bits per heavy atom. The van der Waals surface area contributed by atoms with Gasteiger partial charge in [0.05, 0.1) is 11.1 Å². The summed E-state index contributed by atoms with van der Waals surface area (Å²) < 4.78 is 19.6. The van der Waals surface area contributed by atoms with Gasteiger partial charge in [-0.1, -0.05) is 72.8 Å². The molecule has 0 fully saturated rings. The number of nitrogens with one attached hydrogen (secondary N) is 1. The van der Waals surface area contributed by atoms with Crippen LogP contribution >= 0.6 is 7.29 Å². The first-order chi connectivity index (χ1) is 15.0. The van der Waals surface area contributed by atoms with Crippen LogP contribution in [0.2, 0.25) is 0 Å². The molecule has 7 nitrogen and oxygen atoms in total. The molecule has 0 saturated carbocycles. The molecule has 0 aromatic heterocycles. The van der Waals surface area contributed by atoms with Crippen molar-refractivity contribution in [2.45, 2.75) is 0 Å². The highest BCUT2D eigenvalue weighted by Crippen LogP contribution is 2.53. The minimum atomic E-state index is -3.26. The number of hydrazone groups is 1. The second-order valence-electron chi connectivity index (χ2n) is 6.74. The molecule has 0 spiro atoms. The fourth-order valence-corrected chi connectivity index (χ4v) is 4.53. The Kier molecular flexibility index (Phi) is 5.78. The van der Waals surface area contributed by atoms with E-state index in [1.807, 2.05) is 60.7 Å². The zero-order valence-electron chi connectivity index (χ0n) is 16.3. The van der Waals surface area contributed by atoms with Crippen molar-refractivity contribution >= 4 is 30.7 Å². The highest BCUT2D eigenvalue weighted by atomic mass is 31.2. The largest absolute Gasteiger partial charge is 0.456 e. The van der Waals surface area contributed by atoms with Gasteiger partial charge >= 0.3 is 0 Å². The first-order valence-electron chi connectivity index (χ1n) is 9.41. The molecule has 3 aromatic carbocycles. The van der Waals surface area contributed by atoms with Gasteiger partial charge in [-0.05, 0) is 0 Å². The lowest BCUT2D eigenvalue weighted by Gasteiger charge is -2.22. The molecule has 4 rings (SSSR count). The van der Waals surface area contributed by atoms with Crippen LogP contribution in [0.25, 0.3) is 11.5 Å². The lowest BCUT2D eigenvalue weighted by Crippen LogP contribution is -2.06. The van der Waals surface area contributed by atoms with Crippen LogP contribution in [0.15, 0.2) is 102 Å². The fraction of sp³-hybridized carbons (Fsp3) is 0. The molecule has 0 bridgehead atoms. The molecular weight excluding hydrogens is 413 g/mol. The van der Waals surface area contributed by atoms with Crippen molar-refractivity contribution in [1.29, 1.82) is 0 Å². The van der Waals surface area contributed by atoms with E-state index in [1.54, 1.807) is 12.1 Å². The lowest BCUT2D eigenvalue weighted by atomic mass is 10.2. The molecule has 0 saturated heterocycles. The average molecular weight is 431 g/mol. The standard InChI is InChI=1S/C23H18N3O4P/c27-26(28)21-13-7-8-18(14-21)15-24-25-31(29)16-22(19-9-3-1-4-10-19)30-23(17-31)20-11-5-2-6-12-20/h1-17H,(H,25,29)/b24-15+. The molecule has 1 N–H and O–H groups in total. The maximum absolute atomic E-state index is 13.6. The minimum absolute atomic E-state index is 0.0424. The van der Waals surface area contributed by atoms with E-state index in [1.165, 1.54) is 30.0 Å². The Hall–Kier alpha value is -3.96. The van der Waals surface area contributed by atoms with Crippen molar-refractivity contribution in [1.82, 2.24) is 5.20 Å². The Balaban J connectivity index is 1.65. The monoisotopic (exact) mass is 431 g/mol. The summed E-state index contributed by atoms with van der Waals surface area (Å²) in [5, 5.41) is 17.7. The van der Waals surface area contributed by atoms with Crippen molar-refractivity contribution in [2.24, 2.45) is 5.10 Å². The number of rotatable bonds is 6. The van der Waals surface area contributed by atoms with Crippen LogP contribution in [0.5, 0.6) is 0 Å². The van der Waals surface area contributed by atoms with E-state index in [4.69, 9.17) is 4.74 Å². The average Bonchev–Trinajstić information content (AvgIpc) is 2.80. The smallest absolute Gasteiger partial charge is 0.270 e. The Labute approximate surface area is 179 Å². The van der Waals surface area contributed by atoms with Crippen LogP contribution < -0.4 is 5.20 Å². The van der Waals surface area contributed by atoms with E-state index < -0.39 is 12.2 Å². The number of ether oxygens (including phenoxy) is 1. The van der Waals surface area contributed by atoms with Crippen LogP contribution in [-0.2, 0) is 9.30 Å². The third kappa shape index (κ3) is 4.97. The van der Waals surface area contributed by atoms with Crippen LogP contribution in [0.1, 0.15) is 16.7 Å². The van der Waals surface area contributed by atoms with Gasteiger partial charge < -0.3 is 4.74 Å². The molecule has 0 amide bonds. The predicted molar refractivity (Wildman–Crippen MR) is 121 cm³/mol. The predicted octanol–water partition coefficient (Wildman–Crippen LogP) is 5.82. The van der Waals surface area contributed by atoms with Crippen LogP contribution in [0.3, 0.4) is 0 Å². The fourth-order valence-electron chi connectivity index (χ4n) is 3.00. The number of nitrogens with zero attached hydrogens (tertiary/aromatic N) is 2. The highest BCUT2D eigenvalue weighted by molar-refractivity contribution is 7.68. The summed E-state index contributed by atoms with van der Waals surface area (Å²) in [5.74, 6) is 3.98. The normalized spacial score (nSPS) is 15.0. The van der Waals surface area contributed by atoms with E-state index in [0.717, 1.165) is 11.1 Å². The number of hydrogen-bond acceptors (Lipinski definition) is 5. The van der Waals surface area contributed by atoms with Gasteiger partial charge in [0.2, 0.25) is 7.29 Å². The zero-order chi connectivity index (χ0) is 21.7. The van der Waals surface area contributed by atoms with Crippen molar-refractivity contribution in [3.8, 4) is 0 Å². The molecule has 0 unspecified atom stereocenters. The van der Waals surface area contributed by atoms with Gasteiger partial charge in [0.25, 0.3) is 5.69 Å². The molecule has 3 aromatic rings. The number of benzene rings is 3. The van der Waals surface area contributed by atoms with Crippen molar-refractivity contribution in [2.75, 3.05) is 0 Å². The van der Waals surface area contributed by atoms with Gasteiger partial charge in [-0.15, -0.1) is 0 Å². The molecule has 1 aliphatic heterocycles. The summed E-state index contributed by atoms with van der Waals surface area (Å²) in [5.41, 5.74) is 2.04. The molecule has 0 atom stereocenters. The number of hydrogen-bond donors (Lipinski definition) is 1. The molecule has 31 heavy (non-hydrogen) atoms. The lowest BCUT2D eigenvalue weighted by molar-refractivity contribution is -0.384. The molecule has 154 valence electrons. The molecule has 0 radical (unpaired) electrons. The topological polar surface area (TPSA) is 93.8 Å². The van der Waals surface area contributed by atoms with Crippen molar-refractivity contribution in [3.63, 3.8) is 0 Å². The number of nitro benzene ring substituents is 1. The maximum atomic E-state index is 13.6. The highest BCUT2D eigenvalue weighted by Gasteiger charge is 2.26. The van der Waals surface area contributed by atoms with E-state index in [-0.39, 0.29) is 5.69 Å². The Bertz CT molecular complexity index is 1180. The second kappa shape index (κ2) is 8.81. The third-order valence-corrected chi connectivity index (χ3v) is 6.13. The number of non-ortho nitro benzene ring substituents is 1. The van der Waals surface area contributed by atoms with Crippen LogP contribution in [-0.4, -0.2) is 11.1 Å². The van der Waals surface area contributed by atoms with Crippen molar-refractivity contribution < 1.29 is 14.2 Å². The molecule has 8 heteroatoms. The van der Waals surface area contributed by atoms with Gasteiger partial charge in [-0.2, -0.15) is 5.10 Å². The Morgan fingerprint density at radius 2 is 1.45 bits per heavy atom. The molecular formula is C23H18N3O4P. The summed E-state index contributed by atoms with van der Waals surface area (Å²) in [6.45, 7) is 0. The summed E-state index contributed by atoms with van der Waals surface area (Å²) >= 11 is 0. The molecule has 1 aliphatic rings.